The summed E-state index contributed by atoms with van der Waals surface area (Å²) in [5.41, 5.74) is 5.94. The van der Waals surface area contributed by atoms with Gasteiger partial charge in [0.2, 0.25) is 0 Å². The highest BCUT2D eigenvalue weighted by molar-refractivity contribution is 6.09. The van der Waals surface area contributed by atoms with Crippen LogP contribution in [0.3, 0.4) is 0 Å². The van der Waals surface area contributed by atoms with Gasteiger partial charge in [-0.3, -0.25) is 9.69 Å². The molecule has 1 heterocycles. The number of likely N-dealkylation sites (N-methyl/N-ethyl adjacent to an activating group) is 1. The number of halogens is 6. The van der Waals surface area contributed by atoms with Crippen LogP contribution in [-0.4, -0.2) is 41.1 Å². The third-order valence-electron chi connectivity index (χ3n) is 5.48. The zero-order valence-electron chi connectivity index (χ0n) is 19.0. The van der Waals surface area contributed by atoms with E-state index in [1.807, 2.05) is 6.07 Å². The Morgan fingerprint density at radius 2 is 1.38 bits per heavy atom. The number of nitrogens with zero attached hydrogens (tertiary/aromatic N) is 2. The molecule has 37 heavy (non-hydrogen) atoms. The Bertz CT molecular complexity index is 1340. The molecule has 0 saturated carbocycles. The average Bonchev–Trinajstić information content (AvgIpc) is 3.09. The van der Waals surface area contributed by atoms with Crippen molar-refractivity contribution >= 4 is 17.8 Å². The van der Waals surface area contributed by atoms with Crippen molar-refractivity contribution in [1.29, 1.82) is 0 Å². The van der Waals surface area contributed by atoms with E-state index in [0.717, 1.165) is 12.1 Å². The second-order valence-electron chi connectivity index (χ2n) is 7.87. The number of carbonyl (C=O) groups is 2. The number of alkyl halides is 6. The van der Waals surface area contributed by atoms with Crippen molar-refractivity contribution in [1.82, 2.24) is 4.90 Å². The highest BCUT2D eigenvalue weighted by atomic mass is 19.4. The van der Waals surface area contributed by atoms with Gasteiger partial charge in [0, 0.05) is 7.05 Å². The highest BCUT2D eigenvalue weighted by Crippen LogP contribution is 2.41. The Balaban J connectivity index is 0.000000479. The molecule has 1 atom stereocenters. The van der Waals surface area contributed by atoms with Crippen molar-refractivity contribution < 1.29 is 41.0 Å². The summed E-state index contributed by atoms with van der Waals surface area (Å²) in [5.74, 6) is -3.01. The fourth-order valence-electron chi connectivity index (χ4n) is 3.66. The second kappa shape index (κ2) is 9.96. The number of hydrogen-bond donors (Lipinski definition) is 2. The van der Waals surface area contributed by atoms with Crippen molar-refractivity contribution in [3.05, 3.63) is 95.6 Å². The van der Waals surface area contributed by atoms with E-state index in [0.29, 0.717) is 22.3 Å². The summed E-state index contributed by atoms with van der Waals surface area (Å²) >= 11 is 0. The number of carbonyl (C=O) groups excluding carboxylic acids is 1. The molecule has 1 aliphatic heterocycles. The maximum Gasteiger partial charge on any atom is 0.490 e. The number of aliphatic imine (C=N–C) groups is 1. The van der Waals surface area contributed by atoms with Gasteiger partial charge in [-0.1, -0.05) is 60.7 Å². The standard InChI is InChI=1S/C23H18F3N3O.C2HF3O2/c1-29-20(30)22(28-21(29)27,17-9-3-2-4-10-17)18-11-5-7-15(13-18)16-8-6-12-19(14-16)23(24,25)26;3-2(4,5)1(6)7/h2-14H,1H3,(H2,27,28);(H,6,7). The molecule has 3 N–H and O–H groups in total. The fraction of sp³-hybridized carbons (Fsp3) is 0.160. The Morgan fingerprint density at radius 1 is 0.865 bits per heavy atom. The lowest BCUT2D eigenvalue weighted by Gasteiger charge is -2.26. The van der Waals surface area contributed by atoms with Gasteiger partial charge >= 0.3 is 18.3 Å². The first-order valence-electron chi connectivity index (χ1n) is 10.4. The number of benzene rings is 3. The van der Waals surface area contributed by atoms with E-state index in [4.69, 9.17) is 15.6 Å². The summed E-state index contributed by atoms with van der Waals surface area (Å²) < 4.78 is 71.2. The number of rotatable bonds is 3. The van der Waals surface area contributed by atoms with Crippen LogP contribution in [0.1, 0.15) is 16.7 Å². The lowest BCUT2D eigenvalue weighted by molar-refractivity contribution is -0.192. The van der Waals surface area contributed by atoms with Gasteiger partial charge in [0.05, 0.1) is 5.56 Å². The van der Waals surface area contributed by atoms with Crippen LogP contribution in [0.15, 0.2) is 83.9 Å². The first-order chi connectivity index (χ1) is 17.2. The van der Waals surface area contributed by atoms with Crippen LogP contribution < -0.4 is 5.73 Å². The third-order valence-corrected chi connectivity index (χ3v) is 5.48. The largest absolute Gasteiger partial charge is 0.490 e. The molecule has 0 aliphatic carbocycles. The molecule has 1 unspecified atom stereocenters. The Labute approximate surface area is 206 Å². The molecule has 0 bridgehead atoms. The number of aliphatic carboxylic acids is 1. The van der Waals surface area contributed by atoms with Crippen LogP contribution in [0, 0.1) is 0 Å². The van der Waals surface area contributed by atoms with Crippen LogP contribution in [0.5, 0.6) is 0 Å². The minimum atomic E-state index is -5.08. The molecule has 3 aromatic carbocycles. The molecule has 0 saturated heterocycles. The summed E-state index contributed by atoms with van der Waals surface area (Å²) in [5, 5.41) is 7.12. The summed E-state index contributed by atoms with van der Waals surface area (Å²) in [4.78, 5) is 27.9. The van der Waals surface area contributed by atoms with E-state index in [2.05, 4.69) is 4.99 Å². The van der Waals surface area contributed by atoms with Crippen molar-refractivity contribution in [2.45, 2.75) is 17.9 Å². The topological polar surface area (TPSA) is 96.0 Å². The quantitative estimate of drug-likeness (QED) is 0.471. The predicted octanol–water partition coefficient (Wildman–Crippen LogP) is 5.04. The van der Waals surface area contributed by atoms with Crippen LogP contribution >= 0.6 is 0 Å². The summed E-state index contributed by atoms with van der Waals surface area (Å²) in [6.07, 6.45) is -9.53. The number of hydrogen-bond acceptors (Lipinski definition) is 4. The van der Waals surface area contributed by atoms with E-state index >= 15 is 0 Å². The van der Waals surface area contributed by atoms with Gasteiger partial charge in [-0.05, 0) is 40.5 Å². The molecule has 0 spiro atoms. The van der Waals surface area contributed by atoms with Crippen LogP contribution in [0.2, 0.25) is 0 Å². The Hall–Kier alpha value is -4.35. The molecule has 12 heteroatoms. The average molecular weight is 523 g/mol. The zero-order valence-corrected chi connectivity index (χ0v) is 19.0. The van der Waals surface area contributed by atoms with Gasteiger partial charge in [-0.15, -0.1) is 0 Å². The minimum absolute atomic E-state index is 0.0772. The molecule has 0 radical (unpaired) electrons. The van der Waals surface area contributed by atoms with Gasteiger partial charge in [0.15, 0.2) is 11.5 Å². The lowest BCUT2D eigenvalue weighted by atomic mass is 9.81. The zero-order chi connectivity index (χ0) is 27.6. The van der Waals surface area contributed by atoms with Crippen LogP contribution in [0.25, 0.3) is 11.1 Å². The van der Waals surface area contributed by atoms with Crippen molar-refractivity contribution in [3.8, 4) is 11.1 Å². The second-order valence-corrected chi connectivity index (χ2v) is 7.87. The van der Waals surface area contributed by atoms with Gasteiger partial charge in [-0.2, -0.15) is 26.3 Å². The molecular formula is C25H19F6N3O3. The molecule has 0 aromatic heterocycles. The summed E-state index contributed by atoms with van der Waals surface area (Å²) in [6.45, 7) is 0. The van der Waals surface area contributed by atoms with Crippen molar-refractivity contribution in [3.63, 3.8) is 0 Å². The van der Waals surface area contributed by atoms with E-state index in [1.54, 1.807) is 61.6 Å². The molecule has 6 nitrogen and oxygen atoms in total. The van der Waals surface area contributed by atoms with Gasteiger partial charge in [-0.25, -0.2) is 9.79 Å². The first kappa shape index (κ1) is 27.2. The van der Waals surface area contributed by atoms with Gasteiger partial charge < -0.3 is 10.8 Å². The number of carboxylic acids is 1. The minimum Gasteiger partial charge on any atom is -0.475 e. The molecule has 3 aromatic rings. The highest BCUT2D eigenvalue weighted by Gasteiger charge is 2.49. The maximum atomic E-state index is 13.3. The smallest absolute Gasteiger partial charge is 0.475 e. The number of nitrogens with two attached hydrogens (primary N) is 1. The van der Waals surface area contributed by atoms with E-state index in [-0.39, 0.29) is 11.9 Å². The monoisotopic (exact) mass is 523 g/mol. The van der Waals surface area contributed by atoms with Gasteiger partial charge in [0.1, 0.15) is 0 Å². The molecule has 194 valence electrons. The Kier molecular flexibility index (Phi) is 7.33. The number of guanidine groups is 1. The lowest BCUT2D eigenvalue weighted by Crippen LogP contribution is -2.41. The van der Waals surface area contributed by atoms with E-state index < -0.39 is 29.4 Å². The summed E-state index contributed by atoms with van der Waals surface area (Å²) in [6, 6.07) is 20.9. The van der Waals surface area contributed by atoms with Crippen LogP contribution in [0.4, 0.5) is 26.3 Å². The van der Waals surface area contributed by atoms with E-state index in [9.17, 15) is 31.1 Å². The molecule has 1 aliphatic rings. The molecule has 4 rings (SSSR count). The summed E-state index contributed by atoms with van der Waals surface area (Å²) in [7, 11) is 1.54. The molecular weight excluding hydrogens is 504 g/mol. The normalized spacial score (nSPS) is 17.6. The van der Waals surface area contributed by atoms with Crippen molar-refractivity contribution in [2.75, 3.05) is 7.05 Å². The first-order valence-corrected chi connectivity index (χ1v) is 10.4. The maximum absolute atomic E-state index is 13.3. The van der Waals surface area contributed by atoms with Crippen LogP contribution in [-0.2, 0) is 21.3 Å². The van der Waals surface area contributed by atoms with E-state index in [1.165, 1.54) is 11.0 Å². The van der Waals surface area contributed by atoms with Gasteiger partial charge in [0.25, 0.3) is 5.91 Å². The van der Waals surface area contributed by atoms with Crippen molar-refractivity contribution in [2.24, 2.45) is 10.7 Å². The third kappa shape index (κ3) is 5.57. The number of amides is 1. The fourth-order valence-corrected chi connectivity index (χ4v) is 3.66. The predicted molar refractivity (Wildman–Crippen MR) is 122 cm³/mol. The molecule has 0 fully saturated rings. The molecule has 1 amide bonds. The number of carboxylic acid groups (broad SMARTS) is 1. The SMILES string of the molecule is CN1C(=O)C(c2ccccc2)(c2cccc(-c3cccc(C(F)(F)F)c3)c2)N=C1N.O=C(O)C(F)(F)F. The Morgan fingerprint density at radius 3 is 1.86 bits per heavy atom.